The van der Waals surface area contributed by atoms with Gasteiger partial charge in [0.1, 0.15) is 0 Å². The average molecular weight is 697 g/mol. The lowest BCUT2D eigenvalue weighted by molar-refractivity contribution is 0.0998. The van der Waals surface area contributed by atoms with Gasteiger partial charge in [0.05, 0.1) is 5.56 Å². The molecule has 6 aromatic rings. The summed E-state index contributed by atoms with van der Waals surface area (Å²) in [5.74, 6) is 0.0532. The van der Waals surface area contributed by atoms with E-state index in [9.17, 15) is 19.2 Å². The van der Waals surface area contributed by atoms with Gasteiger partial charge >= 0.3 is 0 Å². The van der Waals surface area contributed by atoms with E-state index in [1.54, 1.807) is 48.8 Å². The summed E-state index contributed by atoms with van der Waals surface area (Å²) in [6.45, 7) is 8.34. The summed E-state index contributed by atoms with van der Waals surface area (Å²) in [4.78, 5) is 61.6. The maximum absolute atomic E-state index is 12.8. The molecule has 8 rings (SSSR count). The van der Waals surface area contributed by atoms with Crippen molar-refractivity contribution in [2.45, 2.75) is 39.5 Å². The number of anilines is 2. The number of hydrogen-bond acceptors (Lipinski definition) is 8. The van der Waals surface area contributed by atoms with Crippen molar-refractivity contribution in [2.75, 3.05) is 10.6 Å². The van der Waals surface area contributed by atoms with Crippen molar-refractivity contribution in [1.82, 2.24) is 9.97 Å². The van der Waals surface area contributed by atoms with Crippen LogP contribution in [0.25, 0.3) is 22.3 Å². The number of fused-ring (bicyclic) bond motifs is 6. The van der Waals surface area contributed by atoms with Crippen LogP contribution >= 0.6 is 22.7 Å². The summed E-state index contributed by atoms with van der Waals surface area (Å²) >= 11 is 2.93. The van der Waals surface area contributed by atoms with Crippen LogP contribution in [0, 0.1) is 0 Å². The van der Waals surface area contributed by atoms with Gasteiger partial charge in [-0.25, -0.2) is 9.97 Å². The fourth-order valence-corrected chi connectivity index (χ4v) is 7.70. The van der Waals surface area contributed by atoms with Crippen LogP contribution in [-0.2, 0) is 0 Å². The molecular formula is C40H32N4O4S2. The van der Waals surface area contributed by atoms with E-state index in [1.807, 2.05) is 48.5 Å². The fraction of sp³-hybridized carbons (Fsp3) is 0.150. The third-order valence-electron chi connectivity index (χ3n) is 8.62. The number of amides is 2. The van der Waals surface area contributed by atoms with Crippen LogP contribution in [0.3, 0.4) is 0 Å². The highest BCUT2D eigenvalue weighted by atomic mass is 32.1. The van der Waals surface area contributed by atoms with Gasteiger partial charge in [0, 0.05) is 55.5 Å². The lowest BCUT2D eigenvalue weighted by atomic mass is 9.99. The summed E-state index contributed by atoms with van der Waals surface area (Å²) in [6.07, 6.45) is 3.57. The Morgan fingerprint density at radius 3 is 1.48 bits per heavy atom. The van der Waals surface area contributed by atoms with Gasteiger partial charge in [-0.15, -0.1) is 22.7 Å². The number of carbonyl (C=O) groups excluding carboxylic acids is 4. The summed E-state index contributed by atoms with van der Waals surface area (Å²) in [5.41, 5.74) is 6.46. The second kappa shape index (κ2) is 13.4. The molecule has 0 spiro atoms. The van der Waals surface area contributed by atoms with Crippen LogP contribution in [-0.4, -0.2) is 33.3 Å². The van der Waals surface area contributed by atoms with E-state index in [-0.39, 0.29) is 23.4 Å². The minimum atomic E-state index is -0.303. The van der Waals surface area contributed by atoms with E-state index >= 15 is 0 Å². The van der Waals surface area contributed by atoms with Crippen molar-refractivity contribution in [3.05, 3.63) is 140 Å². The molecule has 248 valence electrons. The molecule has 2 heterocycles. The molecule has 2 amide bonds. The predicted octanol–water partition coefficient (Wildman–Crippen LogP) is 9.46. The highest BCUT2D eigenvalue weighted by molar-refractivity contribution is 7.16. The van der Waals surface area contributed by atoms with Crippen LogP contribution in [0.5, 0.6) is 0 Å². The van der Waals surface area contributed by atoms with Gasteiger partial charge in [0.15, 0.2) is 21.8 Å². The number of nitrogens with zero attached hydrogens (tertiary/aromatic N) is 2. The number of nitrogens with one attached hydrogen (secondary N) is 2. The number of ketones is 2. The molecular weight excluding hydrogens is 665 g/mol. The third-order valence-corrected chi connectivity index (χ3v) is 11.0. The van der Waals surface area contributed by atoms with E-state index in [0.717, 1.165) is 26.4 Å². The molecule has 2 aliphatic carbocycles. The summed E-state index contributed by atoms with van der Waals surface area (Å²) < 4.78 is 0. The maximum Gasteiger partial charge on any atom is 0.258 e. The second-order valence-corrected chi connectivity index (χ2v) is 14.7. The summed E-state index contributed by atoms with van der Waals surface area (Å²) in [6, 6.07) is 25.5. The highest BCUT2D eigenvalue weighted by Gasteiger charge is 2.32. The summed E-state index contributed by atoms with van der Waals surface area (Å²) in [5, 5.41) is 6.82. The molecule has 0 unspecified atom stereocenters. The lowest BCUT2D eigenvalue weighted by Gasteiger charge is -2.08. The SMILES string of the molecule is CC(C)c1cnc(NC(=O)c2cccc3c2-c2ccccc2C3=O)s1.CC(C)c1cnc(NC(=O)c2cccc3c2C(=O)c2ccccc2-3)s1. The number of rotatable bonds is 6. The normalized spacial score (nSPS) is 12.2. The van der Waals surface area contributed by atoms with Crippen molar-refractivity contribution >= 4 is 56.3 Å². The van der Waals surface area contributed by atoms with Crippen molar-refractivity contribution in [3.8, 4) is 22.3 Å². The molecule has 2 aromatic heterocycles. The van der Waals surface area contributed by atoms with Gasteiger partial charge in [0.25, 0.3) is 11.8 Å². The van der Waals surface area contributed by atoms with E-state index in [4.69, 9.17) is 0 Å². The van der Waals surface area contributed by atoms with E-state index in [1.165, 1.54) is 22.7 Å². The van der Waals surface area contributed by atoms with Crippen LogP contribution < -0.4 is 10.6 Å². The van der Waals surface area contributed by atoms with Gasteiger partial charge in [0.2, 0.25) is 0 Å². The number of thiazole rings is 2. The highest BCUT2D eigenvalue weighted by Crippen LogP contribution is 2.40. The van der Waals surface area contributed by atoms with Crippen molar-refractivity contribution in [1.29, 1.82) is 0 Å². The number of benzene rings is 4. The third kappa shape index (κ3) is 5.97. The molecule has 8 nitrogen and oxygen atoms in total. The Labute approximate surface area is 297 Å². The minimum Gasteiger partial charge on any atom is -0.298 e. The molecule has 0 atom stereocenters. The first-order valence-electron chi connectivity index (χ1n) is 16.2. The van der Waals surface area contributed by atoms with Gasteiger partial charge < -0.3 is 0 Å². The smallest absolute Gasteiger partial charge is 0.258 e. The Balaban J connectivity index is 0.000000157. The Bertz CT molecular complexity index is 2340. The molecule has 0 saturated heterocycles. The van der Waals surface area contributed by atoms with E-state index < -0.39 is 0 Å². The Morgan fingerprint density at radius 1 is 0.520 bits per heavy atom. The van der Waals surface area contributed by atoms with Gasteiger partial charge in [-0.05, 0) is 40.7 Å². The molecule has 10 heteroatoms. The zero-order valence-corrected chi connectivity index (χ0v) is 29.4. The first-order valence-corrected chi connectivity index (χ1v) is 17.8. The quantitative estimate of drug-likeness (QED) is 0.179. The Hall–Kier alpha value is -5.58. The minimum absolute atomic E-state index is 0.0309. The maximum atomic E-state index is 12.8. The van der Waals surface area contributed by atoms with Crippen LogP contribution in [0.15, 0.2) is 97.3 Å². The molecule has 4 aromatic carbocycles. The average Bonchev–Trinajstić information content (AvgIpc) is 3.91. The first-order chi connectivity index (χ1) is 24.1. The fourth-order valence-electron chi connectivity index (χ4n) is 6.08. The van der Waals surface area contributed by atoms with Crippen LogP contribution in [0.4, 0.5) is 10.3 Å². The van der Waals surface area contributed by atoms with Crippen molar-refractivity contribution in [3.63, 3.8) is 0 Å². The second-order valence-electron chi connectivity index (χ2n) is 12.6. The molecule has 0 fully saturated rings. The monoisotopic (exact) mass is 696 g/mol. The molecule has 0 radical (unpaired) electrons. The van der Waals surface area contributed by atoms with Crippen molar-refractivity contribution in [2.24, 2.45) is 0 Å². The predicted molar refractivity (Wildman–Crippen MR) is 199 cm³/mol. The standard InChI is InChI=1S/2C20H16N2O2S/c1-11(2)16-10-21-20(25-16)22-19(24)15-9-5-8-13-12-6-3-4-7-14(12)18(23)17(13)15;1-11(2)16-10-21-20(25-16)22-19(24)15-9-5-8-14-17(15)12-6-3-4-7-13(12)18(14)23/h2*3-11H,1-2H3,(H,21,22,24). The number of hydrogen-bond donors (Lipinski definition) is 2. The Morgan fingerprint density at radius 2 is 0.960 bits per heavy atom. The topological polar surface area (TPSA) is 118 Å². The van der Waals surface area contributed by atoms with Crippen LogP contribution in [0.2, 0.25) is 0 Å². The van der Waals surface area contributed by atoms with Gasteiger partial charge in [-0.2, -0.15) is 0 Å². The molecule has 0 aliphatic heterocycles. The molecule has 2 N–H and O–H groups in total. The van der Waals surface area contributed by atoms with Gasteiger partial charge in [-0.3, -0.25) is 29.8 Å². The number of carbonyl (C=O) groups is 4. The molecule has 0 bridgehead atoms. The first kappa shape index (κ1) is 32.9. The van der Waals surface area contributed by atoms with E-state index in [2.05, 4.69) is 48.3 Å². The zero-order chi connectivity index (χ0) is 35.1. The largest absolute Gasteiger partial charge is 0.298 e. The lowest BCUT2D eigenvalue weighted by Crippen LogP contribution is -2.15. The zero-order valence-electron chi connectivity index (χ0n) is 27.7. The Kier molecular flexibility index (Phi) is 8.81. The summed E-state index contributed by atoms with van der Waals surface area (Å²) in [7, 11) is 0. The molecule has 2 aliphatic rings. The molecule has 50 heavy (non-hydrogen) atoms. The molecule has 0 saturated carbocycles. The van der Waals surface area contributed by atoms with Crippen LogP contribution in [0.1, 0.15) is 102 Å². The van der Waals surface area contributed by atoms with Crippen molar-refractivity contribution < 1.29 is 19.2 Å². The number of aromatic nitrogens is 2. The van der Waals surface area contributed by atoms with E-state index in [0.29, 0.717) is 61.0 Å². The van der Waals surface area contributed by atoms with Gasteiger partial charge in [-0.1, -0.05) is 100 Å².